The Hall–Kier alpha value is -2.14. The second-order valence-electron chi connectivity index (χ2n) is 6.51. The summed E-state index contributed by atoms with van der Waals surface area (Å²) in [6.45, 7) is 2.34. The summed E-state index contributed by atoms with van der Waals surface area (Å²) in [6, 6.07) is 9.86. The summed E-state index contributed by atoms with van der Waals surface area (Å²) in [7, 11) is 0. The first-order valence-electron chi connectivity index (χ1n) is 8.38. The number of nitrogens with zero attached hydrogens (tertiary/aromatic N) is 1. The highest BCUT2D eigenvalue weighted by atomic mass is 32.1. The van der Waals surface area contributed by atoms with E-state index < -0.39 is 0 Å². The quantitative estimate of drug-likeness (QED) is 0.928. The van der Waals surface area contributed by atoms with Gasteiger partial charge in [0.25, 0.3) is 0 Å². The van der Waals surface area contributed by atoms with Gasteiger partial charge in [0.2, 0.25) is 11.8 Å². The zero-order valence-corrected chi connectivity index (χ0v) is 14.4. The molecule has 1 fully saturated rings. The van der Waals surface area contributed by atoms with E-state index in [2.05, 4.69) is 16.8 Å². The number of carbonyl (C=O) groups is 2. The van der Waals surface area contributed by atoms with E-state index in [4.69, 9.17) is 0 Å². The summed E-state index contributed by atoms with van der Waals surface area (Å²) >= 11 is 1.75. The second kappa shape index (κ2) is 6.06. The zero-order chi connectivity index (χ0) is 16.7. The predicted octanol–water partition coefficient (Wildman–Crippen LogP) is 3.59. The molecule has 5 heteroatoms. The molecule has 0 bridgehead atoms. The van der Waals surface area contributed by atoms with Crippen molar-refractivity contribution in [2.24, 2.45) is 5.92 Å². The Balaban J connectivity index is 1.76. The number of amides is 2. The Morgan fingerprint density at radius 1 is 1.17 bits per heavy atom. The fourth-order valence-electron chi connectivity index (χ4n) is 3.42. The van der Waals surface area contributed by atoms with Gasteiger partial charge in [0.05, 0.1) is 6.04 Å². The molecular weight excluding hydrogens is 320 g/mol. The van der Waals surface area contributed by atoms with Crippen LogP contribution in [-0.4, -0.2) is 23.3 Å². The third-order valence-electron chi connectivity index (χ3n) is 4.83. The molecule has 0 spiro atoms. The minimum absolute atomic E-state index is 0.0696. The Morgan fingerprint density at radius 2 is 1.96 bits per heavy atom. The van der Waals surface area contributed by atoms with E-state index in [1.54, 1.807) is 18.3 Å². The van der Waals surface area contributed by atoms with Crippen LogP contribution in [0.4, 0.5) is 5.69 Å². The van der Waals surface area contributed by atoms with Gasteiger partial charge in [-0.25, -0.2) is 0 Å². The first-order valence-corrected chi connectivity index (χ1v) is 9.26. The van der Waals surface area contributed by atoms with Crippen LogP contribution in [0.3, 0.4) is 0 Å². The van der Waals surface area contributed by atoms with Crippen LogP contribution in [0.25, 0.3) is 0 Å². The van der Waals surface area contributed by atoms with Crippen molar-refractivity contribution in [3.63, 3.8) is 0 Å². The van der Waals surface area contributed by atoms with Crippen molar-refractivity contribution < 1.29 is 9.59 Å². The van der Waals surface area contributed by atoms with E-state index in [1.165, 1.54) is 10.4 Å². The van der Waals surface area contributed by atoms with Crippen LogP contribution in [-0.2, 0) is 16.0 Å². The molecule has 24 heavy (non-hydrogen) atoms. The highest BCUT2D eigenvalue weighted by Gasteiger charge is 2.34. The molecule has 2 aromatic rings. The van der Waals surface area contributed by atoms with Crippen LogP contribution < -0.4 is 5.32 Å². The number of benzene rings is 1. The smallest absolute Gasteiger partial charge is 0.227 e. The van der Waals surface area contributed by atoms with E-state index in [-0.39, 0.29) is 23.8 Å². The van der Waals surface area contributed by atoms with Crippen molar-refractivity contribution >= 4 is 28.8 Å². The topological polar surface area (TPSA) is 49.4 Å². The van der Waals surface area contributed by atoms with E-state index in [9.17, 15) is 9.59 Å². The number of carbonyl (C=O) groups excluding carboxylic acids is 2. The zero-order valence-electron chi connectivity index (χ0n) is 13.6. The lowest BCUT2D eigenvalue weighted by Gasteiger charge is -2.36. The summed E-state index contributed by atoms with van der Waals surface area (Å²) < 4.78 is 0. The molecular formula is C19H20N2O2S. The molecule has 4 nitrogen and oxygen atoms in total. The number of anilines is 1. The number of hydrogen-bond donors (Lipinski definition) is 1. The molecule has 0 unspecified atom stereocenters. The van der Waals surface area contributed by atoms with Gasteiger partial charge < -0.3 is 10.2 Å². The van der Waals surface area contributed by atoms with Gasteiger partial charge in [0.1, 0.15) is 0 Å². The number of thiophene rings is 1. The first-order chi connectivity index (χ1) is 11.6. The summed E-state index contributed by atoms with van der Waals surface area (Å²) in [6.07, 6.45) is 2.86. The van der Waals surface area contributed by atoms with E-state index in [0.717, 1.165) is 37.1 Å². The Bertz CT molecular complexity index is 794. The molecule has 1 atom stereocenters. The van der Waals surface area contributed by atoms with Gasteiger partial charge in [-0.3, -0.25) is 9.59 Å². The second-order valence-corrected chi connectivity index (χ2v) is 7.52. The monoisotopic (exact) mass is 340 g/mol. The fourth-order valence-corrected chi connectivity index (χ4v) is 4.32. The van der Waals surface area contributed by atoms with Gasteiger partial charge in [0.15, 0.2) is 0 Å². The molecule has 124 valence electrons. The maximum Gasteiger partial charge on any atom is 0.227 e. The molecule has 2 amide bonds. The highest BCUT2D eigenvalue weighted by molar-refractivity contribution is 7.10. The maximum absolute atomic E-state index is 12.2. The lowest BCUT2D eigenvalue weighted by atomic mass is 9.92. The van der Waals surface area contributed by atoms with E-state index in [1.807, 2.05) is 29.2 Å². The molecule has 1 aromatic heterocycles. The fraction of sp³-hybridized carbons (Fsp3) is 0.368. The van der Waals surface area contributed by atoms with Crippen LogP contribution in [0, 0.1) is 5.92 Å². The normalized spacial score (nSPS) is 19.7. The van der Waals surface area contributed by atoms with Crippen LogP contribution in [0.5, 0.6) is 0 Å². The highest BCUT2D eigenvalue weighted by Crippen LogP contribution is 2.41. The molecule has 4 rings (SSSR count). The van der Waals surface area contributed by atoms with Crippen LogP contribution in [0.1, 0.15) is 41.8 Å². The number of hydrogen-bond acceptors (Lipinski definition) is 3. The van der Waals surface area contributed by atoms with Gasteiger partial charge in [-0.1, -0.05) is 18.2 Å². The minimum atomic E-state index is -0.117. The van der Waals surface area contributed by atoms with Gasteiger partial charge >= 0.3 is 0 Å². The molecule has 2 aliphatic rings. The molecule has 0 radical (unpaired) electrons. The molecule has 1 aliphatic heterocycles. The van der Waals surface area contributed by atoms with Gasteiger partial charge in [-0.05, 0) is 42.3 Å². The predicted molar refractivity (Wildman–Crippen MR) is 95.0 cm³/mol. The van der Waals surface area contributed by atoms with Gasteiger partial charge in [-0.2, -0.15) is 0 Å². The van der Waals surface area contributed by atoms with Crippen molar-refractivity contribution in [1.82, 2.24) is 4.90 Å². The third-order valence-corrected chi connectivity index (χ3v) is 5.83. The molecule has 0 saturated heterocycles. The molecule has 1 saturated carbocycles. The summed E-state index contributed by atoms with van der Waals surface area (Å²) in [5.74, 6) is 0.323. The van der Waals surface area contributed by atoms with E-state index in [0.29, 0.717) is 0 Å². The van der Waals surface area contributed by atoms with Crippen LogP contribution >= 0.6 is 11.3 Å². The molecule has 1 N–H and O–H groups in total. The van der Waals surface area contributed by atoms with Crippen molar-refractivity contribution in [2.45, 2.75) is 32.2 Å². The molecule has 2 heterocycles. The average Bonchev–Trinajstić information content (AvgIpc) is 3.32. The number of rotatable bonds is 3. The minimum Gasteiger partial charge on any atom is -0.331 e. The largest absolute Gasteiger partial charge is 0.331 e. The standard InChI is InChI=1S/C19H20N2O2S/c1-12(22)21-10-8-17-15(9-11-24-17)18(21)14-4-2-3-5-16(14)20-19(23)13-6-7-13/h2-5,9,11,13,18H,6-8,10H2,1H3,(H,20,23)/t18-/m0/s1. The number of para-hydroxylation sites is 1. The summed E-state index contributed by atoms with van der Waals surface area (Å²) in [5.41, 5.74) is 3.01. The van der Waals surface area contributed by atoms with Crippen molar-refractivity contribution in [1.29, 1.82) is 0 Å². The SMILES string of the molecule is CC(=O)N1CCc2sccc2[C@@H]1c1ccccc1NC(=O)C1CC1. The first kappa shape index (κ1) is 15.4. The molecule has 1 aliphatic carbocycles. The lowest BCUT2D eigenvalue weighted by Crippen LogP contribution is -2.39. The average molecular weight is 340 g/mol. The van der Waals surface area contributed by atoms with E-state index >= 15 is 0 Å². The van der Waals surface area contributed by atoms with Crippen LogP contribution in [0.2, 0.25) is 0 Å². The molecule has 1 aromatic carbocycles. The number of fused-ring (bicyclic) bond motifs is 1. The summed E-state index contributed by atoms with van der Waals surface area (Å²) in [5, 5.41) is 5.17. The lowest BCUT2D eigenvalue weighted by molar-refractivity contribution is -0.130. The van der Waals surface area contributed by atoms with Crippen molar-refractivity contribution in [3.8, 4) is 0 Å². The van der Waals surface area contributed by atoms with Gasteiger partial charge in [-0.15, -0.1) is 11.3 Å². The Labute approximate surface area is 145 Å². The number of nitrogens with one attached hydrogen (secondary N) is 1. The summed E-state index contributed by atoms with van der Waals surface area (Å²) in [4.78, 5) is 27.7. The maximum atomic E-state index is 12.2. The third kappa shape index (κ3) is 2.73. The van der Waals surface area contributed by atoms with Crippen LogP contribution in [0.15, 0.2) is 35.7 Å². The Morgan fingerprint density at radius 3 is 2.71 bits per heavy atom. The Kier molecular flexibility index (Phi) is 3.88. The van der Waals surface area contributed by atoms with Gasteiger partial charge in [0, 0.05) is 35.5 Å². The van der Waals surface area contributed by atoms with Crippen molar-refractivity contribution in [2.75, 3.05) is 11.9 Å². The van der Waals surface area contributed by atoms with Crippen molar-refractivity contribution in [3.05, 3.63) is 51.7 Å².